The minimum atomic E-state index is -0.409. The predicted molar refractivity (Wildman–Crippen MR) is 78.2 cm³/mol. The number of aromatic amines is 1. The van der Waals surface area contributed by atoms with Gasteiger partial charge in [0.15, 0.2) is 0 Å². The van der Waals surface area contributed by atoms with E-state index in [4.69, 9.17) is 17.3 Å². The average molecular weight is 294 g/mol. The van der Waals surface area contributed by atoms with Crippen molar-refractivity contribution in [1.29, 1.82) is 0 Å². The summed E-state index contributed by atoms with van der Waals surface area (Å²) >= 11 is 5.81. The van der Waals surface area contributed by atoms with Gasteiger partial charge in [-0.25, -0.2) is 9.37 Å². The molecule has 5 heteroatoms. The molecule has 0 radical (unpaired) electrons. The Morgan fingerprint density at radius 2 is 2.20 bits per heavy atom. The number of benzene rings is 1. The zero-order chi connectivity index (χ0) is 14.1. The van der Waals surface area contributed by atoms with Gasteiger partial charge in [-0.15, -0.1) is 0 Å². The molecule has 1 saturated carbocycles. The molecule has 0 spiro atoms. The molecule has 1 aliphatic carbocycles. The van der Waals surface area contributed by atoms with Gasteiger partial charge in [0.1, 0.15) is 11.6 Å². The topological polar surface area (TPSA) is 54.7 Å². The Kier molecular flexibility index (Phi) is 3.76. The standard InChI is InChI=1S/C15H17ClFN3/c16-12-7-9(4-5-13(12)17)14-8-19-15(20-14)10-2-1-3-11(18)6-10/h4-5,7-8,10-11H,1-3,6,18H2,(H,19,20). The minimum absolute atomic E-state index is 0.123. The highest BCUT2D eigenvalue weighted by Crippen LogP contribution is 2.32. The van der Waals surface area contributed by atoms with Crippen molar-refractivity contribution in [2.24, 2.45) is 5.73 Å². The van der Waals surface area contributed by atoms with Gasteiger partial charge in [-0.1, -0.05) is 18.0 Å². The van der Waals surface area contributed by atoms with E-state index < -0.39 is 5.82 Å². The van der Waals surface area contributed by atoms with Crippen molar-refractivity contribution in [3.8, 4) is 11.3 Å². The second-order valence-electron chi connectivity index (χ2n) is 5.43. The number of nitrogens with one attached hydrogen (secondary N) is 1. The van der Waals surface area contributed by atoms with Crippen LogP contribution < -0.4 is 5.73 Å². The first kappa shape index (κ1) is 13.6. The molecule has 0 bridgehead atoms. The molecule has 3 nitrogen and oxygen atoms in total. The third-order valence-electron chi connectivity index (χ3n) is 3.93. The SMILES string of the molecule is NC1CCCC(c2ncc(-c3ccc(F)c(Cl)c3)[nH]2)C1. The summed E-state index contributed by atoms with van der Waals surface area (Å²) in [6, 6.07) is 4.95. The second-order valence-corrected chi connectivity index (χ2v) is 5.84. The lowest BCUT2D eigenvalue weighted by Crippen LogP contribution is -2.27. The van der Waals surface area contributed by atoms with Crippen LogP contribution in [0.5, 0.6) is 0 Å². The van der Waals surface area contributed by atoms with Crippen LogP contribution in [0.2, 0.25) is 5.02 Å². The van der Waals surface area contributed by atoms with Gasteiger partial charge in [0.25, 0.3) is 0 Å². The molecule has 2 atom stereocenters. The molecule has 3 rings (SSSR count). The molecule has 1 fully saturated rings. The molecule has 0 amide bonds. The number of hydrogen-bond donors (Lipinski definition) is 2. The van der Waals surface area contributed by atoms with E-state index in [2.05, 4.69) is 9.97 Å². The second kappa shape index (κ2) is 5.54. The van der Waals surface area contributed by atoms with Gasteiger partial charge in [-0.3, -0.25) is 0 Å². The van der Waals surface area contributed by atoms with E-state index in [0.717, 1.165) is 42.8 Å². The van der Waals surface area contributed by atoms with Crippen LogP contribution in [0, 0.1) is 5.82 Å². The number of rotatable bonds is 2. The lowest BCUT2D eigenvalue weighted by molar-refractivity contribution is 0.383. The van der Waals surface area contributed by atoms with Crippen LogP contribution in [0.3, 0.4) is 0 Å². The summed E-state index contributed by atoms with van der Waals surface area (Å²) in [7, 11) is 0. The van der Waals surface area contributed by atoms with E-state index in [-0.39, 0.29) is 11.1 Å². The monoisotopic (exact) mass is 293 g/mol. The van der Waals surface area contributed by atoms with Crippen molar-refractivity contribution >= 4 is 11.6 Å². The molecule has 1 aromatic heterocycles. The molecule has 1 aliphatic rings. The third-order valence-corrected chi connectivity index (χ3v) is 4.22. The highest BCUT2D eigenvalue weighted by Gasteiger charge is 2.23. The van der Waals surface area contributed by atoms with Crippen LogP contribution in [0.15, 0.2) is 24.4 Å². The molecular formula is C15H17ClFN3. The Hall–Kier alpha value is -1.39. The number of H-pyrrole nitrogens is 1. The van der Waals surface area contributed by atoms with Gasteiger partial charge in [-0.05, 0) is 37.5 Å². The Morgan fingerprint density at radius 1 is 1.35 bits per heavy atom. The Bertz CT molecular complexity index is 611. The molecule has 1 aromatic carbocycles. The minimum Gasteiger partial charge on any atom is -0.342 e. The van der Waals surface area contributed by atoms with Gasteiger partial charge in [-0.2, -0.15) is 0 Å². The molecule has 106 valence electrons. The normalized spacial score (nSPS) is 22.9. The van der Waals surface area contributed by atoms with Gasteiger partial charge < -0.3 is 10.7 Å². The summed E-state index contributed by atoms with van der Waals surface area (Å²) in [5.41, 5.74) is 7.72. The summed E-state index contributed by atoms with van der Waals surface area (Å²) in [6.07, 6.45) is 6.10. The fourth-order valence-corrected chi connectivity index (χ4v) is 3.01. The number of nitrogens with two attached hydrogens (primary N) is 1. The largest absolute Gasteiger partial charge is 0.342 e. The van der Waals surface area contributed by atoms with Crippen molar-refractivity contribution in [2.75, 3.05) is 0 Å². The predicted octanol–water partition coefficient (Wildman–Crippen LogP) is 3.85. The molecule has 2 unspecified atom stereocenters. The fourth-order valence-electron chi connectivity index (χ4n) is 2.83. The molecule has 20 heavy (non-hydrogen) atoms. The number of halogens is 2. The van der Waals surface area contributed by atoms with Crippen molar-refractivity contribution in [2.45, 2.75) is 37.6 Å². The van der Waals surface area contributed by atoms with Crippen molar-refractivity contribution in [3.05, 3.63) is 41.1 Å². The fraction of sp³-hybridized carbons (Fsp3) is 0.400. The first-order valence-electron chi connectivity index (χ1n) is 6.89. The first-order valence-corrected chi connectivity index (χ1v) is 7.27. The average Bonchev–Trinajstić information content (AvgIpc) is 2.92. The molecule has 0 aliphatic heterocycles. The molecular weight excluding hydrogens is 277 g/mol. The summed E-state index contributed by atoms with van der Waals surface area (Å²) in [6.45, 7) is 0. The lowest BCUT2D eigenvalue weighted by Gasteiger charge is -2.24. The zero-order valence-electron chi connectivity index (χ0n) is 11.1. The van der Waals surface area contributed by atoms with Crippen molar-refractivity contribution in [3.63, 3.8) is 0 Å². The number of aromatic nitrogens is 2. The Balaban J connectivity index is 1.84. The Morgan fingerprint density at radius 3 is 2.95 bits per heavy atom. The van der Waals surface area contributed by atoms with Gasteiger partial charge in [0, 0.05) is 17.5 Å². The highest BCUT2D eigenvalue weighted by molar-refractivity contribution is 6.31. The van der Waals surface area contributed by atoms with E-state index in [1.54, 1.807) is 18.3 Å². The summed E-state index contributed by atoms with van der Waals surface area (Å²) in [4.78, 5) is 7.77. The van der Waals surface area contributed by atoms with Crippen LogP contribution in [-0.2, 0) is 0 Å². The summed E-state index contributed by atoms with van der Waals surface area (Å²) in [5.74, 6) is 0.951. The van der Waals surface area contributed by atoms with Crippen molar-refractivity contribution in [1.82, 2.24) is 9.97 Å². The Labute approximate surface area is 122 Å². The number of imidazole rings is 1. The van der Waals surface area contributed by atoms with E-state index >= 15 is 0 Å². The highest BCUT2D eigenvalue weighted by atomic mass is 35.5. The van der Waals surface area contributed by atoms with Crippen LogP contribution in [0.25, 0.3) is 11.3 Å². The van der Waals surface area contributed by atoms with Gasteiger partial charge in [0.2, 0.25) is 0 Å². The van der Waals surface area contributed by atoms with E-state index in [0.29, 0.717) is 5.92 Å². The summed E-state index contributed by atoms with van der Waals surface area (Å²) < 4.78 is 13.2. The molecule has 3 N–H and O–H groups in total. The van der Waals surface area contributed by atoms with Crippen molar-refractivity contribution < 1.29 is 4.39 Å². The smallest absolute Gasteiger partial charge is 0.141 e. The third kappa shape index (κ3) is 2.72. The maximum atomic E-state index is 13.2. The van der Waals surface area contributed by atoms with Crippen LogP contribution in [0.4, 0.5) is 4.39 Å². The quantitative estimate of drug-likeness (QED) is 0.883. The van der Waals surface area contributed by atoms with E-state index in [9.17, 15) is 4.39 Å². The van der Waals surface area contributed by atoms with Gasteiger partial charge >= 0.3 is 0 Å². The molecule has 2 aromatic rings. The maximum absolute atomic E-state index is 13.2. The zero-order valence-corrected chi connectivity index (χ0v) is 11.8. The molecule has 0 saturated heterocycles. The van der Waals surface area contributed by atoms with E-state index in [1.807, 2.05) is 0 Å². The summed E-state index contributed by atoms with van der Waals surface area (Å²) in [5, 5.41) is 0.123. The van der Waals surface area contributed by atoms with Gasteiger partial charge in [0.05, 0.1) is 16.9 Å². The lowest BCUT2D eigenvalue weighted by atomic mass is 9.86. The molecule has 1 heterocycles. The first-order chi connectivity index (χ1) is 9.63. The number of nitrogens with zero attached hydrogens (tertiary/aromatic N) is 1. The van der Waals surface area contributed by atoms with Crippen LogP contribution in [0.1, 0.15) is 37.4 Å². The van der Waals surface area contributed by atoms with E-state index in [1.165, 1.54) is 6.07 Å². The number of hydrogen-bond acceptors (Lipinski definition) is 2. The van der Waals surface area contributed by atoms with Crippen LogP contribution >= 0.6 is 11.6 Å². The van der Waals surface area contributed by atoms with Crippen LogP contribution in [-0.4, -0.2) is 16.0 Å². The maximum Gasteiger partial charge on any atom is 0.141 e.